The van der Waals surface area contributed by atoms with E-state index < -0.39 is 0 Å². The first-order chi connectivity index (χ1) is 12.9. The van der Waals surface area contributed by atoms with Crippen molar-refractivity contribution in [3.8, 4) is 22.5 Å². The molecule has 5 nitrogen and oxygen atoms in total. The molecule has 0 aliphatic heterocycles. The lowest BCUT2D eigenvalue weighted by Gasteiger charge is -2.09. The number of rotatable bonds is 6. The molecular weight excluding hydrogens is 322 g/mol. The highest BCUT2D eigenvalue weighted by atomic mass is 15.2. The molecule has 0 fully saturated rings. The van der Waals surface area contributed by atoms with Gasteiger partial charge in [-0.2, -0.15) is 0 Å². The van der Waals surface area contributed by atoms with E-state index >= 15 is 0 Å². The minimum Gasteiger partial charge on any atom is -0.337 e. The second-order valence-electron chi connectivity index (χ2n) is 6.06. The molecule has 0 saturated heterocycles. The van der Waals surface area contributed by atoms with Crippen molar-refractivity contribution in [3.05, 3.63) is 85.2 Å². The summed E-state index contributed by atoms with van der Waals surface area (Å²) in [6, 6.07) is 20.3. The van der Waals surface area contributed by atoms with E-state index in [1.807, 2.05) is 61.1 Å². The summed E-state index contributed by atoms with van der Waals surface area (Å²) in [7, 11) is 0. The van der Waals surface area contributed by atoms with Crippen molar-refractivity contribution < 1.29 is 0 Å². The van der Waals surface area contributed by atoms with Gasteiger partial charge in [-0.15, -0.1) is 10.2 Å². The summed E-state index contributed by atoms with van der Waals surface area (Å²) in [6.07, 6.45) is 7.30. The summed E-state index contributed by atoms with van der Waals surface area (Å²) in [5, 5.41) is 8.88. The van der Waals surface area contributed by atoms with Crippen molar-refractivity contribution in [1.29, 1.82) is 0 Å². The Labute approximate surface area is 152 Å². The Hall–Kier alpha value is -3.34. The predicted molar refractivity (Wildman–Crippen MR) is 101 cm³/mol. The molecule has 0 saturated carbocycles. The van der Waals surface area contributed by atoms with Gasteiger partial charge in [-0.1, -0.05) is 60.7 Å². The molecule has 0 spiro atoms. The Bertz CT molecular complexity index is 950. The number of aryl methyl sites for hydroxylation is 2. The Kier molecular flexibility index (Phi) is 4.78. The molecule has 4 rings (SSSR count). The van der Waals surface area contributed by atoms with Crippen molar-refractivity contribution in [2.24, 2.45) is 0 Å². The van der Waals surface area contributed by atoms with E-state index in [9.17, 15) is 0 Å². The minimum absolute atomic E-state index is 0.767. The summed E-state index contributed by atoms with van der Waals surface area (Å²) >= 11 is 0. The van der Waals surface area contributed by atoms with E-state index in [4.69, 9.17) is 4.98 Å². The van der Waals surface area contributed by atoms with Gasteiger partial charge in [-0.3, -0.25) is 0 Å². The highest BCUT2D eigenvalue weighted by Crippen LogP contribution is 2.28. The Morgan fingerprint density at radius 3 is 2.12 bits per heavy atom. The summed E-state index contributed by atoms with van der Waals surface area (Å²) in [5.41, 5.74) is 3.77. The highest BCUT2D eigenvalue weighted by Gasteiger charge is 2.13. The lowest BCUT2D eigenvalue weighted by atomic mass is 10.0. The number of hydrogen-bond acceptors (Lipinski definition) is 4. The topological polar surface area (TPSA) is 56.5 Å². The van der Waals surface area contributed by atoms with Crippen LogP contribution in [0.1, 0.15) is 12.2 Å². The van der Waals surface area contributed by atoms with E-state index in [0.717, 1.165) is 47.7 Å². The highest BCUT2D eigenvalue weighted by molar-refractivity contribution is 5.77. The first-order valence-electron chi connectivity index (χ1n) is 8.70. The van der Waals surface area contributed by atoms with Crippen LogP contribution in [0.15, 0.2) is 79.4 Å². The van der Waals surface area contributed by atoms with Crippen molar-refractivity contribution in [1.82, 2.24) is 24.7 Å². The molecule has 0 radical (unpaired) electrons. The van der Waals surface area contributed by atoms with Crippen molar-refractivity contribution in [2.75, 3.05) is 0 Å². The Morgan fingerprint density at radius 1 is 0.769 bits per heavy atom. The van der Waals surface area contributed by atoms with Crippen LogP contribution in [0.5, 0.6) is 0 Å². The molecule has 2 aromatic heterocycles. The van der Waals surface area contributed by atoms with Crippen LogP contribution in [-0.4, -0.2) is 24.7 Å². The molecule has 26 heavy (non-hydrogen) atoms. The molecular formula is C21H19N5. The van der Waals surface area contributed by atoms with Crippen LogP contribution in [-0.2, 0) is 13.0 Å². The number of benzene rings is 2. The zero-order valence-corrected chi connectivity index (χ0v) is 14.4. The van der Waals surface area contributed by atoms with Crippen LogP contribution in [0, 0.1) is 0 Å². The molecule has 4 aromatic rings. The van der Waals surface area contributed by atoms with Crippen LogP contribution >= 0.6 is 0 Å². The average molecular weight is 341 g/mol. The Balaban J connectivity index is 1.63. The number of imidazole rings is 1. The van der Waals surface area contributed by atoms with Crippen molar-refractivity contribution in [2.45, 2.75) is 19.4 Å². The van der Waals surface area contributed by atoms with E-state index in [1.165, 1.54) is 0 Å². The number of nitrogens with zero attached hydrogens (tertiary/aromatic N) is 5. The third kappa shape index (κ3) is 3.67. The van der Waals surface area contributed by atoms with Crippen molar-refractivity contribution in [3.63, 3.8) is 0 Å². The predicted octanol–water partition coefficient (Wildman–Crippen LogP) is 4.03. The largest absolute Gasteiger partial charge is 0.337 e. The maximum Gasteiger partial charge on any atom is 0.151 e. The lowest BCUT2D eigenvalue weighted by Crippen LogP contribution is -2.05. The second kappa shape index (κ2) is 7.70. The fraction of sp³-hybridized carbons (Fsp3) is 0.143. The third-order valence-electron chi connectivity index (χ3n) is 4.20. The second-order valence-corrected chi connectivity index (χ2v) is 6.06. The molecule has 2 heterocycles. The molecule has 2 aromatic carbocycles. The normalized spacial score (nSPS) is 10.8. The summed E-state index contributed by atoms with van der Waals surface area (Å²) < 4.78 is 2.06. The minimum atomic E-state index is 0.767. The summed E-state index contributed by atoms with van der Waals surface area (Å²) in [4.78, 5) is 8.91. The van der Waals surface area contributed by atoms with Gasteiger partial charge in [0.25, 0.3) is 0 Å². The zero-order valence-electron chi connectivity index (χ0n) is 14.4. The van der Waals surface area contributed by atoms with E-state index in [2.05, 4.69) is 31.9 Å². The van der Waals surface area contributed by atoms with Gasteiger partial charge in [0.15, 0.2) is 5.82 Å². The molecule has 0 N–H and O–H groups in total. The summed E-state index contributed by atoms with van der Waals surface area (Å²) in [6.45, 7) is 0.893. The maximum atomic E-state index is 4.84. The molecule has 128 valence electrons. The standard InChI is InChI=1S/C21H19N5/c1-3-8-17(9-4-1)20-21(18-10-5-2-6-11-18)25-24-19(23-20)12-7-14-26-15-13-22-16-26/h1-6,8-11,13,15-16H,7,12,14H2. The van der Waals surface area contributed by atoms with Gasteiger partial charge in [-0.25, -0.2) is 9.97 Å². The fourth-order valence-corrected chi connectivity index (χ4v) is 2.89. The monoisotopic (exact) mass is 341 g/mol. The number of aromatic nitrogens is 5. The van der Waals surface area contributed by atoms with E-state index in [1.54, 1.807) is 6.20 Å². The van der Waals surface area contributed by atoms with Crippen LogP contribution in [0.3, 0.4) is 0 Å². The molecule has 0 amide bonds. The van der Waals surface area contributed by atoms with Gasteiger partial charge in [0.05, 0.1) is 6.33 Å². The van der Waals surface area contributed by atoms with Gasteiger partial charge in [0, 0.05) is 36.5 Å². The first kappa shape index (κ1) is 16.1. The molecule has 0 aliphatic carbocycles. The molecule has 0 aliphatic rings. The molecule has 0 unspecified atom stereocenters. The van der Waals surface area contributed by atoms with Crippen molar-refractivity contribution >= 4 is 0 Å². The quantitative estimate of drug-likeness (QED) is 0.531. The zero-order chi connectivity index (χ0) is 17.6. The molecule has 0 bridgehead atoms. The van der Waals surface area contributed by atoms with Gasteiger partial charge in [0.2, 0.25) is 0 Å². The van der Waals surface area contributed by atoms with Crippen LogP contribution in [0.2, 0.25) is 0 Å². The van der Waals surface area contributed by atoms with E-state index in [-0.39, 0.29) is 0 Å². The van der Waals surface area contributed by atoms with Gasteiger partial charge in [-0.05, 0) is 6.42 Å². The molecule has 5 heteroatoms. The molecule has 0 atom stereocenters. The summed E-state index contributed by atoms with van der Waals surface area (Å²) in [5.74, 6) is 0.767. The SMILES string of the molecule is c1ccc(-c2nnc(CCCn3ccnc3)nc2-c2ccccc2)cc1. The smallest absolute Gasteiger partial charge is 0.151 e. The van der Waals surface area contributed by atoms with Crippen LogP contribution in [0.4, 0.5) is 0 Å². The van der Waals surface area contributed by atoms with Gasteiger partial charge < -0.3 is 4.57 Å². The van der Waals surface area contributed by atoms with Crippen LogP contribution < -0.4 is 0 Å². The lowest BCUT2D eigenvalue weighted by molar-refractivity contribution is 0.623. The maximum absolute atomic E-state index is 4.84. The third-order valence-corrected chi connectivity index (χ3v) is 4.20. The average Bonchev–Trinajstić information content (AvgIpc) is 3.23. The number of hydrogen-bond donors (Lipinski definition) is 0. The fourth-order valence-electron chi connectivity index (χ4n) is 2.89. The van der Waals surface area contributed by atoms with Gasteiger partial charge >= 0.3 is 0 Å². The first-order valence-corrected chi connectivity index (χ1v) is 8.70. The van der Waals surface area contributed by atoms with Crippen LogP contribution in [0.25, 0.3) is 22.5 Å². The Morgan fingerprint density at radius 2 is 1.46 bits per heavy atom. The van der Waals surface area contributed by atoms with E-state index in [0.29, 0.717) is 0 Å². The van der Waals surface area contributed by atoms with Gasteiger partial charge in [0.1, 0.15) is 11.4 Å².